The van der Waals surface area contributed by atoms with Gasteiger partial charge in [0.25, 0.3) is 0 Å². The molecule has 2 aromatic carbocycles. The number of nitrogens with one attached hydrogen (secondary N) is 1. The minimum Gasteiger partial charge on any atom is -0.368 e. The molecular weight excluding hydrogens is 394 g/mol. The number of amides is 2. The molecule has 1 aliphatic rings. The Morgan fingerprint density at radius 3 is 2.23 bits per heavy atom. The van der Waals surface area contributed by atoms with E-state index in [0.29, 0.717) is 24.5 Å². The molecule has 2 aromatic rings. The molecule has 0 unspecified atom stereocenters. The van der Waals surface area contributed by atoms with Gasteiger partial charge in [-0.15, -0.1) is 0 Å². The van der Waals surface area contributed by atoms with Crippen molar-refractivity contribution >= 4 is 23.4 Å². The standard InChI is InChI=1S/C24H31N3O4/c1-5-22(28)31-30-19-12-10-18(11-13-19)25-23(29)27-16-14-26(15-17-27)21-9-7-6-8-20(21)24(2,3)4/h6-13H,5,14-17H2,1-4H3,(H,25,29). The zero-order chi connectivity index (χ0) is 22.4. The molecule has 0 bridgehead atoms. The van der Waals surface area contributed by atoms with E-state index in [1.165, 1.54) is 11.3 Å². The second-order valence-corrected chi connectivity index (χ2v) is 8.59. The van der Waals surface area contributed by atoms with Gasteiger partial charge in [0.15, 0.2) is 5.75 Å². The Hall–Kier alpha value is -3.22. The highest BCUT2D eigenvalue weighted by Gasteiger charge is 2.25. The minimum absolute atomic E-state index is 0.0653. The number of carbonyl (C=O) groups excluding carboxylic acids is 2. The van der Waals surface area contributed by atoms with Crippen molar-refractivity contribution in [2.75, 3.05) is 36.4 Å². The molecule has 1 N–H and O–H groups in total. The number of nitrogens with zero attached hydrogens (tertiary/aromatic N) is 2. The van der Waals surface area contributed by atoms with Gasteiger partial charge in [0.1, 0.15) is 0 Å². The minimum atomic E-state index is -0.443. The quantitative estimate of drug-likeness (QED) is 0.561. The summed E-state index contributed by atoms with van der Waals surface area (Å²) < 4.78 is 0. The first kappa shape index (κ1) is 22.5. The van der Waals surface area contributed by atoms with E-state index in [1.807, 2.05) is 4.90 Å². The average Bonchev–Trinajstić information content (AvgIpc) is 2.78. The van der Waals surface area contributed by atoms with E-state index in [2.05, 4.69) is 60.1 Å². The summed E-state index contributed by atoms with van der Waals surface area (Å²) in [5, 5.41) is 2.91. The molecular formula is C24H31N3O4. The van der Waals surface area contributed by atoms with Crippen molar-refractivity contribution in [2.24, 2.45) is 0 Å². The van der Waals surface area contributed by atoms with E-state index in [0.717, 1.165) is 13.1 Å². The van der Waals surface area contributed by atoms with Crippen LogP contribution in [0, 0.1) is 0 Å². The lowest BCUT2D eigenvalue weighted by molar-refractivity contribution is -0.213. The van der Waals surface area contributed by atoms with Crippen molar-refractivity contribution in [1.82, 2.24) is 4.90 Å². The van der Waals surface area contributed by atoms with Crippen LogP contribution in [0.15, 0.2) is 48.5 Å². The molecule has 0 aliphatic carbocycles. The number of anilines is 2. The van der Waals surface area contributed by atoms with E-state index >= 15 is 0 Å². The van der Waals surface area contributed by atoms with Crippen LogP contribution in [0.5, 0.6) is 5.75 Å². The molecule has 2 amide bonds. The Morgan fingerprint density at radius 1 is 0.968 bits per heavy atom. The molecule has 1 heterocycles. The van der Waals surface area contributed by atoms with Crippen molar-refractivity contribution in [3.05, 3.63) is 54.1 Å². The van der Waals surface area contributed by atoms with Crippen LogP contribution in [0.2, 0.25) is 0 Å². The van der Waals surface area contributed by atoms with Crippen molar-refractivity contribution in [3.8, 4) is 5.75 Å². The van der Waals surface area contributed by atoms with Crippen LogP contribution in [-0.2, 0) is 15.1 Å². The molecule has 1 fully saturated rings. The maximum Gasteiger partial charge on any atom is 0.355 e. The number of rotatable bonds is 5. The van der Waals surface area contributed by atoms with Crippen LogP contribution in [0.25, 0.3) is 0 Å². The molecule has 31 heavy (non-hydrogen) atoms. The molecule has 0 spiro atoms. The molecule has 1 aliphatic heterocycles. The number of hydrogen-bond donors (Lipinski definition) is 1. The number of para-hydroxylation sites is 1. The third-order valence-corrected chi connectivity index (χ3v) is 5.24. The smallest absolute Gasteiger partial charge is 0.355 e. The van der Waals surface area contributed by atoms with Crippen LogP contribution in [0.4, 0.5) is 16.2 Å². The van der Waals surface area contributed by atoms with E-state index < -0.39 is 5.97 Å². The second kappa shape index (κ2) is 9.73. The summed E-state index contributed by atoms with van der Waals surface area (Å²) in [4.78, 5) is 37.6. The Bertz CT molecular complexity index is 898. The molecule has 0 radical (unpaired) electrons. The van der Waals surface area contributed by atoms with Gasteiger partial charge in [-0.25, -0.2) is 9.59 Å². The van der Waals surface area contributed by atoms with Gasteiger partial charge >= 0.3 is 12.0 Å². The lowest BCUT2D eigenvalue weighted by Crippen LogP contribution is -2.50. The molecule has 0 atom stereocenters. The van der Waals surface area contributed by atoms with Gasteiger partial charge in [-0.05, 0) is 41.3 Å². The first-order valence-corrected chi connectivity index (χ1v) is 10.7. The number of piperazine rings is 1. The maximum absolute atomic E-state index is 12.7. The third kappa shape index (κ3) is 5.90. The van der Waals surface area contributed by atoms with Gasteiger partial charge in [0, 0.05) is 44.0 Å². The predicted octanol–water partition coefficient (Wildman–Crippen LogP) is 4.59. The summed E-state index contributed by atoms with van der Waals surface area (Å²) in [7, 11) is 0. The first-order valence-electron chi connectivity index (χ1n) is 10.7. The van der Waals surface area contributed by atoms with Gasteiger partial charge in [0.2, 0.25) is 0 Å². The van der Waals surface area contributed by atoms with Crippen molar-refractivity contribution in [1.29, 1.82) is 0 Å². The van der Waals surface area contributed by atoms with E-state index in [1.54, 1.807) is 31.2 Å². The molecule has 0 aromatic heterocycles. The van der Waals surface area contributed by atoms with E-state index in [9.17, 15) is 9.59 Å². The topological polar surface area (TPSA) is 71.1 Å². The van der Waals surface area contributed by atoms with Crippen LogP contribution in [0.1, 0.15) is 39.7 Å². The molecule has 3 rings (SSSR count). The fourth-order valence-corrected chi connectivity index (χ4v) is 3.48. The fourth-order valence-electron chi connectivity index (χ4n) is 3.48. The maximum atomic E-state index is 12.7. The van der Waals surface area contributed by atoms with Gasteiger partial charge in [-0.1, -0.05) is 45.9 Å². The Labute approximate surface area is 183 Å². The highest BCUT2D eigenvalue weighted by Crippen LogP contribution is 2.32. The Kier molecular flexibility index (Phi) is 7.05. The van der Waals surface area contributed by atoms with Gasteiger partial charge in [0.05, 0.1) is 0 Å². The normalized spacial score (nSPS) is 14.2. The number of benzene rings is 2. The summed E-state index contributed by atoms with van der Waals surface area (Å²) >= 11 is 0. The zero-order valence-corrected chi connectivity index (χ0v) is 18.7. The summed E-state index contributed by atoms with van der Waals surface area (Å²) in [6.07, 6.45) is 0.239. The Balaban J connectivity index is 1.54. The molecule has 0 saturated carbocycles. The van der Waals surface area contributed by atoms with Crippen molar-refractivity contribution < 1.29 is 19.4 Å². The molecule has 166 valence electrons. The van der Waals surface area contributed by atoms with Crippen molar-refractivity contribution in [3.63, 3.8) is 0 Å². The van der Waals surface area contributed by atoms with Crippen LogP contribution < -0.4 is 15.1 Å². The largest absolute Gasteiger partial charge is 0.368 e. The number of carbonyl (C=O) groups is 2. The Morgan fingerprint density at radius 2 is 1.61 bits per heavy atom. The lowest BCUT2D eigenvalue weighted by atomic mass is 9.85. The molecule has 7 heteroatoms. The van der Waals surface area contributed by atoms with Gasteiger partial charge < -0.3 is 15.1 Å². The van der Waals surface area contributed by atoms with Gasteiger partial charge in [-0.2, -0.15) is 0 Å². The SMILES string of the molecule is CCC(=O)OOc1ccc(NC(=O)N2CCN(c3ccccc3C(C)(C)C)CC2)cc1. The highest BCUT2D eigenvalue weighted by molar-refractivity contribution is 5.89. The van der Waals surface area contributed by atoms with Crippen LogP contribution >= 0.6 is 0 Å². The summed E-state index contributed by atoms with van der Waals surface area (Å²) in [5.74, 6) is -0.0485. The first-order chi connectivity index (χ1) is 14.8. The average molecular weight is 426 g/mol. The zero-order valence-electron chi connectivity index (χ0n) is 18.7. The summed E-state index contributed by atoms with van der Waals surface area (Å²) in [6.45, 7) is 11.2. The highest BCUT2D eigenvalue weighted by atomic mass is 17.2. The number of urea groups is 1. The van der Waals surface area contributed by atoms with Crippen LogP contribution in [0.3, 0.4) is 0 Å². The summed E-state index contributed by atoms with van der Waals surface area (Å²) in [5.41, 5.74) is 3.28. The second-order valence-electron chi connectivity index (χ2n) is 8.59. The summed E-state index contributed by atoms with van der Waals surface area (Å²) in [6, 6.07) is 15.1. The fraction of sp³-hybridized carbons (Fsp3) is 0.417. The lowest BCUT2D eigenvalue weighted by Gasteiger charge is -2.38. The number of hydrogen-bond acceptors (Lipinski definition) is 5. The third-order valence-electron chi connectivity index (χ3n) is 5.24. The van der Waals surface area contributed by atoms with E-state index in [-0.39, 0.29) is 17.9 Å². The monoisotopic (exact) mass is 425 g/mol. The predicted molar refractivity (Wildman–Crippen MR) is 121 cm³/mol. The molecule has 7 nitrogen and oxygen atoms in total. The van der Waals surface area contributed by atoms with Crippen molar-refractivity contribution in [2.45, 2.75) is 39.5 Å². The van der Waals surface area contributed by atoms with Crippen LogP contribution in [-0.4, -0.2) is 43.1 Å². The van der Waals surface area contributed by atoms with E-state index in [4.69, 9.17) is 4.89 Å². The van der Waals surface area contributed by atoms with Gasteiger partial charge in [-0.3, -0.25) is 9.78 Å². The molecule has 1 saturated heterocycles.